The molecule has 0 amide bonds. The zero-order valence-electron chi connectivity index (χ0n) is 21.9. The molecule has 0 aromatic rings. The molecule has 0 aromatic carbocycles. The molecule has 5 rings (SSSR count). The smallest absolute Gasteiger partial charge is 0.330 e. The lowest BCUT2D eigenvalue weighted by Crippen LogP contribution is -2.53. The molecular formula is C27H44O9. The Morgan fingerprint density at radius 1 is 1.00 bits per heavy atom. The number of carbonyl (C=O) groups excluding carboxylic acids is 1. The number of esters is 1. The van der Waals surface area contributed by atoms with Crippen LogP contribution in [0.1, 0.15) is 78.1 Å². The van der Waals surface area contributed by atoms with Gasteiger partial charge in [0.25, 0.3) is 0 Å². The lowest BCUT2D eigenvalue weighted by atomic mass is 9.85. The van der Waals surface area contributed by atoms with Gasteiger partial charge in [0.1, 0.15) is 17.3 Å². The average molecular weight is 513 g/mol. The van der Waals surface area contributed by atoms with Crippen LogP contribution in [0, 0.1) is 0 Å². The van der Waals surface area contributed by atoms with Gasteiger partial charge in [0.2, 0.25) is 0 Å². The van der Waals surface area contributed by atoms with E-state index < -0.39 is 17.9 Å². The Kier molecular flexibility index (Phi) is 9.47. The predicted octanol–water partition coefficient (Wildman–Crippen LogP) is 2.79. The molecule has 9 atom stereocenters. The van der Waals surface area contributed by atoms with Crippen molar-refractivity contribution in [3.8, 4) is 0 Å². The quantitative estimate of drug-likeness (QED) is 0.393. The van der Waals surface area contributed by atoms with Gasteiger partial charge in [-0.05, 0) is 44.6 Å². The van der Waals surface area contributed by atoms with Crippen LogP contribution in [0.3, 0.4) is 0 Å². The van der Waals surface area contributed by atoms with Crippen LogP contribution in [-0.4, -0.2) is 90.6 Å². The fourth-order valence-corrected chi connectivity index (χ4v) is 6.39. The lowest BCUT2D eigenvalue weighted by Gasteiger charge is -2.42. The number of carbonyl (C=O) groups is 1. The number of methoxy groups -OCH3 is 1. The molecule has 5 aliphatic heterocycles. The van der Waals surface area contributed by atoms with Crippen molar-refractivity contribution in [2.24, 2.45) is 0 Å². The van der Waals surface area contributed by atoms with Crippen LogP contribution in [0.2, 0.25) is 0 Å². The Bertz CT molecular complexity index is 760. The number of hydrogen-bond donors (Lipinski definition) is 2. The van der Waals surface area contributed by atoms with Crippen molar-refractivity contribution in [1.29, 1.82) is 0 Å². The van der Waals surface area contributed by atoms with Crippen molar-refractivity contribution < 1.29 is 43.4 Å². The second-order valence-electron chi connectivity index (χ2n) is 10.8. The van der Waals surface area contributed by atoms with Gasteiger partial charge in [-0.3, -0.25) is 0 Å². The summed E-state index contributed by atoms with van der Waals surface area (Å²) >= 11 is 0. The Morgan fingerprint density at radius 2 is 1.69 bits per heavy atom. The first-order valence-corrected chi connectivity index (χ1v) is 13.7. The highest BCUT2D eigenvalue weighted by Crippen LogP contribution is 2.46. The molecule has 0 aliphatic carbocycles. The number of rotatable bonds is 7. The fourth-order valence-electron chi connectivity index (χ4n) is 6.39. The SMILES string of the molecule is CCC[C@H]1CC[C@@H]2O[C@@H](/C=C/C(=O)OC)C[C@]2(CO)O1.CCC[C@H]1CC[C@@H]2O[C@@H]3C[C@]2(COC3O)O1. The van der Waals surface area contributed by atoms with E-state index in [4.69, 9.17) is 23.7 Å². The van der Waals surface area contributed by atoms with E-state index in [9.17, 15) is 15.0 Å². The third-order valence-electron chi connectivity index (χ3n) is 8.20. The number of aliphatic hydroxyl groups is 2. The topological polar surface area (TPSA) is 113 Å². The summed E-state index contributed by atoms with van der Waals surface area (Å²) in [7, 11) is 1.34. The number of fused-ring (bicyclic) bond motifs is 2. The van der Waals surface area contributed by atoms with Gasteiger partial charge in [0.15, 0.2) is 6.29 Å². The van der Waals surface area contributed by atoms with Crippen molar-refractivity contribution in [2.45, 2.75) is 132 Å². The molecule has 0 aromatic heterocycles. The molecule has 5 heterocycles. The third-order valence-corrected chi connectivity index (χ3v) is 8.20. The number of ether oxygens (including phenoxy) is 6. The summed E-state index contributed by atoms with van der Waals surface area (Å²) in [5.74, 6) is -0.397. The van der Waals surface area contributed by atoms with Crippen LogP contribution in [0.5, 0.6) is 0 Å². The van der Waals surface area contributed by atoms with Crippen molar-refractivity contribution in [3.05, 3.63) is 12.2 Å². The van der Waals surface area contributed by atoms with Gasteiger partial charge in [-0.15, -0.1) is 0 Å². The molecule has 1 spiro atoms. The van der Waals surface area contributed by atoms with E-state index in [0.29, 0.717) is 19.1 Å². The van der Waals surface area contributed by atoms with E-state index in [2.05, 4.69) is 18.6 Å². The minimum Gasteiger partial charge on any atom is -0.466 e. The van der Waals surface area contributed by atoms with Gasteiger partial charge < -0.3 is 38.6 Å². The first kappa shape index (κ1) is 28.0. The van der Waals surface area contributed by atoms with Crippen molar-refractivity contribution in [1.82, 2.24) is 0 Å². The standard InChI is InChI=1S/C15H24O5.C12H20O4/c1-3-4-11-5-7-13-15(10-16,20-11)9-12(19-13)6-8-14(17)18-2;1-2-3-8-4-5-10-12(16-8)6-9(15-10)11(13)14-7-12/h6,8,11-13,16H,3-5,7,9-10H2,1-2H3;8-11,13H,2-7H2,1H3/b8-6+;/t11-,12-,13-,15+;8-,9+,10-,11?,12+/m00/s1. The number of aliphatic hydroxyl groups excluding tert-OH is 2. The average Bonchev–Trinajstić information content (AvgIpc) is 3.41. The Labute approximate surface area is 214 Å². The molecule has 5 aliphatic rings. The monoisotopic (exact) mass is 512 g/mol. The summed E-state index contributed by atoms with van der Waals surface area (Å²) in [5.41, 5.74) is -0.870. The molecule has 0 saturated carbocycles. The summed E-state index contributed by atoms with van der Waals surface area (Å²) in [6.07, 6.45) is 12.2. The second-order valence-corrected chi connectivity index (χ2v) is 10.8. The molecule has 0 radical (unpaired) electrons. The van der Waals surface area contributed by atoms with Crippen LogP contribution in [-0.2, 0) is 33.2 Å². The normalized spacial score (nSPS) is 43.4. The van der Waals surface area contributed by atoms with Crippen LogP contribution < -0.4 is 0 Å². The van der Waals surface area contributed by atoms with Gasteiger partial charge >= 0.3 is 5.97 Å². The van der Waals surface area contributed by atoms with E-state index in [0.717, 1.165) is 57.8 Å². The molecule has 206 valence electrons. The van der Waals surface area contributed by atoms with Gasteiger partial charge in [-0.2, -0.15) is 0 Å². The Balaban J connectivity index is 0.000000173. The summed E-state index contributed by atoms with van der Waals surface area (Å²) < 4.78 is 34.0. The van der Waals surface area contributed by atoms with Gasteiger partial charge in [-0.25, -0.2) is 4.79 Å². The molecule has 1 unspecified atom stereocenters. The van der Waals surface area contributed by atoms with Gasteiger partial charge in [-0.1, -0.05) is 26.7 Å². The van der Waals surface area contributed by atoms with E-state index in [1.165, 1.54) is 13.2 Å². The molecular weight excluding hydrogens is 468 g/mol. The summed E-state index contributed by atoms with van der Waals surface area (Å²) in [5, 5.41) is 19.4. The van der Waals surface area contributed by atoms with Gasteiger partial charge in [0, 0.05) is 18.9 Å². The minimum atomic E-state index is -0.760. The maximum Gasteiger partial charge on any atom is 0.330 e. The summed E-state index contributed by atoms with van der Waals surface area (Å²) in [4.78, 5) is 11.1. The lowest BCUT2D eigenvalue weighted by molar-refractivity contribution is -0.222. The molecule has 2 N–H and O–H groups in total. The first-order valence-electron chi connectivity index (χ1n) is 13.7. The highest BCUT2D eigenvalue weighted by atomic mass is 16.7. The van der Waals surface area contributed by atoms with Crippen LogP contribution in [0.4, 0.5) is 0 Å². The molecule has 9 heteroatoms. The van der Waals surface area contributed by atoms with E-state index in [-0.39, 0.29) is 42.7 Å². The highest BCUT2D eigenvalue weighted by Gasteiger charge is 2.58. The van der Waals surface area contributed by atoms with Crippen LogP contribution >= 0.6 is 0 Å². The van der Waals surface area contributed by atoms with Crippen molar-refractivity contribution >= 4 is 5.97 Å². The predicted molar refractivity (Wildman–Crippen MR) is 130 cm³/mol. The van der Waals surface area contributed by atoms with Crippen molar-refractivity contribution in [3.63, 3.8) is 0 Å². The highest BCUT2D eigenvalue weighted by molar-refractivity contribution is 5.81. The second kappa shape index (κ2) is 12.2. The third kappa shape index (κ3) is 5.98. The van der Waals surface area contributed by atoms with Crippen LogP contribution in [0.25, 0.3) is 0 Å². The zero-order chi connectivity index (χ0) is 25.8. The largest absolute Gasteiger partial charge is 0.466 e. The fraction of sp³-hybridized carbons (Fsp3) is 0.889. The Morgan fingerprint density at radius 3 is 2.36 bits per heavy atom. The van der Waals surface area contributed by atoms with Crippen LogP contribution in [0.15, 0.2) is 12.2 Å². The molecule has 2 bridgehead atoms. The maximum atomic E-state index is 11.1. The van der Waals surface area contributed by atoms with Crippen molar-refractivity contribution in [2.75, 3.05) is 20.3 Å². The summed E-state index contributed by atoms with van der Waals surface area (Å²) in [6.45, 7) is 4.76. The molecule has 36 heavy (non-hydrogen) atoms. The zero-order valence-corrected chi connectivity index (χ0v) is 21.9. The maximum absolute atomic E-state index is 11.1. The molecule has 5 fully saturated rings. The van der Waals surface area contributed by atoms with E-state index in [1.54, 1.807) is 6.08 Å². The van der Waals surface area contributed by atoms with E-state index in [1.807, 2.05) is 0 Å². The number of hydrogen-bond acceptors (Lipinski definition) is 9. The minimum absolute atomic E-state index is 0.0412. The van der Waals surface area contributed by atoms with E-state index >= 15 is 0 Å². The summed E-state index contributed by atoms with van der Waals surface area (Å²) in [6, 6.07) is 0. The first-order chi connectivity index (χ1) is 17.4. The molecule has 5 saturated heterocycles. The van der Waals surface area contributed by atoms with Gasteiger partial charge in [0.05, 0.1) is 50.8 Å². The Hall–Kier alpha value is -1.07. The molecule has 9 nitrogen and oxygen atoms in total.